The van der Waals surface area contributed by atoms with Crippen LogP contribution < -0.4 is 5.32 Å². The predicted molar refractivity (Wildman–Crippen MR) is 102 cm³/mol. The summed E-state index contributed by atoms with van der Waals surface area (Å²) in [6, 6.07) is 14.1. The summed E-state index contributed by atoms with van der Waals surface area (Å²) < 4.78 is 7.70. The number of benzene rings is 2. The summed E-state index contributed by atoms with van der Waals surface area (Å²) in [6.07, 6.45) is 2.00. The quantitative estimate of drug-likeness (QED) is 0.598. The molecule has 2 aromatic carbocycles. The highest BCUT2D eigenvalue weighted by molar-refractivity contribution is 5.87. The van der Waals surface area contributed by atoms with Crippen LogP contribution in [0.3, 0.4) is 0 Å². The highest BCUT2D eigenvalue weighted by Crippen LogP contribution is 2.22. The van der Waals surface area contributed by atoms with Crippen molar-refractivity contribution in [3.63, 3.8) is 0 Å². The van der Waals surface area contributed by atoms with E-state index >= 15 is 0 Å². The SMILES string of the molecule is Cc1ccc2c(CC(=O)NCCn3c(C)nc4ccccc43)coc2c1. The van der Waals surface area contributed by atoms with E-state index in [2.05, 4.69) is 20.9 Å². The van der Waals surface area contributed by atoms with Crippen LogP contribution in [0.4, 0.5) is 0 Å². The molecule has 0 aliphatic heterocycles. The van der Waals surface area contributed by atoms with E-state index in [0.717, 1.165) is 39.0 Å². The van der Waals surface area contributed by atoms with Gasteiger partial charge in [-0.1, -0.05) is 24.3 Å². The summed E-state index contributed by atoms with van der Waals surface area (Å²) in [5.41, 5.74) is 4.97. The third kappa shape index (κ3) is 3.08. The molecule has 5 nitrogen and oxygen atoms in total. The molecule has 0 atom stereocenters. The van der Waals surface area contributed by atoms with Crippen molar-refractivity contribution in [3.05, 3.63) is 65.7 Å². The number of nitrogens with one attached hydrogen (secondary N) is 1. The van der Waals surface area contributed by atoms with Gasteiger partial charge >= 0.3 is 0 Å². The van der Waals surface area contributed by atoms with E-state index < -0.39 is 0 Å². The average molecular weight is 347 g/mol. The minimum absolute atomic E-state index is 0.00431. The van der Waals surface area contributed by atoms with Gasteiger partial charge in [0.2, 0.25) is 5.91 Å². The highest BCUT2D eigenvalue weighted by atomic mass is 16.3. The van der Waals surface area contributed by atoms with E-state index in [4.69, 9.17) is 4.42 Å². The van der Waals surface area contributed by atoms with Crippen LogP contribution in [-0.4, -0.2) is 22.0 Å². The van der Waals surface area contributed by atoms with Gasteiger partial charge in [0.1, 0.15) is 11.4 Å². The lowest BCUT2D eigenvalue weighted by Crippen LogP contribution is -2.28. The number of aromatic nitrogens is 2. The Labute approximate surface area is 151 Å². The lowest BCUT2D eigenvalue weighted by atomic mass is 10.1. The summed E-state index contributed by atoms with van der Waals surface area (Å²) in [7, 11) is 0. The van der Waals surface area contributed by atoms with E-state index in [1.165, 1.54) is 0 Å². The second-order valence-corrected chi connectivity index (χ2v) is 6.59. The van der Waals surface area contributed by atoms with Gasteiger partial charge in [-0.25, -0.2) is 4.98 Å². The first kappa shape index (κ1) is 16.4. The molecular formula is C21H21N3O2. The number of fused-ring (bicyclic) bond motifs is 2. The number of carbonyl (C=O) groups excluding carboxylic acids is 1. The van der Waals surface area contributed by atoms with Crippen LogP contribution in [0.15, 0.2) is 53.1 Å². The van der Waals surface area contributed by atoms with Gasteiger partial charge in [0.25, 0.3) is 0 Å². The van der Waals surface area contributed by atoms with Crippen LogP contribution in [-0.2, 0) is 17.8 Å². The van der Waals surface area contributed by atoms with Gasteiger partial charge in [-0.15, -0.1) is 0 Å². The van der Waals surface area contributed by atoms with Crippen molar-refractivity contribution in [2.45, 2.75) is 26.8 Å². The molecule has 0 aliphatic carbocycles. The van der Waals surface area contributed by atoms with E-state index in [9.17, 15) is 4.79 Å². The first-order chi connectivity index (χ1) is 12.6. The fourth-order valence-corrected chi connectivity index (χ4v) is 3.35. The number of carbonyl (C=O) groups is 1. The molecule has 0 saturated carbocycles. The zero-order valence-corrected chi connectivity index (χ0v) is 15.0. The zero-order chi connectivity index (χ0) is 18.1. The molecule has 2 aromatic heterocycles. The Bertz CT molecular complexity index is 1090. The van der Waals surface area contributed by atoms with Crippen molar-refractivity contribution in [2.24, 2.45) is 0 Å². The van der Waals surface area contributed by atoms with Crippen molar-refractivity contribution in [3.8, 4) is 0 Å². The Kier molecular flexibility index (Phi) is 4.21. The molecule has 132 valence electrons. The maximum atomic E-state index is 12.3. The zero-order valence-electron chi connectivity index (χ0n) is 15.0. The van der Waals surface area contributed by atoms with Crippen molar-refractivity contribution in [1.82, 2.24) is 14.9 Å². The maximum absolute atomic E-state index is 12.3. The second kappa shape index (κ2) is 6.67. The van der Waals surface area contributed by atoms with Gasteiger partial charge in [0, 0.05) is 24.0 Å². The van der Waals surface area contributed by atoms with Crippen LogP contribution in [0, 0.1) is 13.8 Å². The molecule has 0 bridgehead atoms. The van der Waals surface area contributed by atoms with Crippen LogP contribution in [0.2, 0.25) is 0 Å². The predicted octanol–water partition coefficient (Wildman–Crippen LogP) is 3.76. The molecule has 26 heavy (non-hydrogen) atoms. The highest BCUT2D eigenvalue weighted by Gasteiger charge is 2.11. The number of amides is 1. The summed E-state index contributed by atoms with van der Waals surface area (Å²) in [5, 5.41) is 4.00. The lowest BCUT2D eigenvalue weighted by Gasteiger charge is -2.08. The molecule has 2 heterocycles. The molecule has 0 spiro atoms. The largest absolute Gasteiger partial charge is 0.464 e. The Morgan fingerprint density at radius 2 is 2.04 bits per heavy atom. The van der Waals surface area contributed by atoms with Gasteiger partial charge in [-0.3, -0.25) is 4.79 Å². The number of nitrogens with zero attached hydrogens (tertiary/aromatic N) is 2. The first-order valence-electron chi connectivity index (χ1n) is 8.77. The molecule has 4 rings (SSSR count). The molecule has 0 fully saturated rings. The van der Waals surface area contributed by atoms with Crippen molar-refractivity contribution in [1.29, 1.82) is 0 Å². The maximum Gasteiger partial charge on any atom is 0.224 e. The normalized spacial score (nSPS) is 11.3. The smallest absolute Gasteiger partial charge is 0.224 e. The number of rotatable bonds is 5. The molecular weight excluding hydrogens is 326 g/mol. The monoisotopic (exact) mass is 347 g/mol. The van der Waals surface area contributed by atoms with E-state index in [1.807, 2.05) is 50.2 Å². The second-order valence-electron chi connectivity index (χ2n) is 6.59. The van der Waals surface area contributed by atoms with Gasteiger partial charge in [-0.05, 0) is 37.6 Å². The van der Waals surface area contributed by atoms with E-state index in [-0.39, 0.29) is 5.91 Å². The fraction of sp³-hybridized carbons (Fsp3) is 0.238. The number of furan rings is 1. The summed E-state index contributed by atoms with van der Waals surface area (Å²) in [5.74, 6) is 0.951. The molecule has 0 saturated heterocycles. The van der Waals surface area contributed by atoms with Crippen molar-refractivity contribution < 1.29 is 9.21 Å². The number of hydrogen-bond acceptors (Lipinski definition) is 3. The van der Waals surface area contributed by atoms with Crippen LogP contribution in [0.5, 0.6) is 0 Å². The van der Waals surface area contributed by atoms with Crippen LogP contribution in [0.1, 0.15) is 17.0 Å². The Morgan fingerprint density at radius 3 is 2.92 bits per heavy atom. The molecule has 4 aromatic rings. The Balaban J connectivity index is 1.40. The average Bonchev–Trinajstić information content (AvgIpc) is 3.15. The summed E-state index contributed by atoms with van der Waals surface area (Å²) >= 11 is 0. The standard InChI is InChI=1S/C21H21N3O2/c1-14-7-8-17-16(13-26-20(17)11-14)12-21(25)22-9-10-24-15(2)23-18-5-3-4-6-19(18)24/h3-8,11,13H,9-10,12H2,1-2H3,(H,22,25). The number of aryl methyl sites for hydroxylation is 2. The molecule has 1 N–H and O–H groups in total. The lowest BCUT2D eigenvalue weighted by molar-refractivity contribution is -0.120. The number of imidazole rings is 1. The minimum Gasteiger partial charge on any atom is -0.464 e. The molecule has 1 amide bonds. The third-order valence-electron chi connectivity index (χ3n) is 4.67. The molecule has 0 aliphatic rings. The van der Waals surface area contributed by atoms with Crippen molar-refractivity contribution in [2.75, 3.05) is 6.54 Å². The molecule has 5 heteroatoms. The minimum atomic E-state index is -0.00431. The van der Waals surface area contributed by atoms with E-state index in [1.54, 1.807) is 6.26 Å². The van der Waals surface area contributed by atoms with Gasteiger partial charge in [0.15, 0.2) is 0 Å². The van der Waals surface area contributed by atoms with Crippen molar-refractivity contribution >= 4 is 27.9 Å². The fourth-order valence-electron chi connectivity index (χ4n) is 3.35. The van der Waals surface area contributed by atoms with Gasteiger partial charge in [0.05, 0.1) is 23.7 Å². The van der Waals surface area contributed by atoms with Crippen LogP contribution in [0.25, 0.3) is 22.0 Å². The Morgan fingerprint density at radius 1 is 1.19 bits per heavy atom. The van der Waals surface area contributed by atoms with Gasteiger partial charge in [-0.2, -0.15) is 0 Å². The topological polar surface area (TPSA) is 60.1 Å². The summed E-state index contributed by atoms with van der Waals surface area (Å²) in [4.78, 5) is 16.9. The third-order valence-corrected chi connectivity index (χ3v) is 4.67. The number of para-hydroxylation sites is 2. The summed E-state index contributed by atoms with van der Waals surface area (Å²) in [6.45, 7) is 5.27. The number of hydrogen-bond donors (Lipinski definition) is 1. The van der Waals surface area contributed by atoms with Crippen LogP contribution >= 0.6 is 0 Å². The van der Waals surface area contributed by atoms with Gasteiger partial charge < -0.3 is 14.3 Å². The molecule has 0 unspecified atom stereocenters. The Hall–Kier alpha value is -3.08. The van der Waals surface area contributed by atoms with E-state index in [0.29, 0.717) is 19.5 Å². The first-order valence-corrected chi connectivity index (χ1v) is 8.77. The molecule has 0 radical (unpaired) electrons.